The maximum atomic E-state index is 12.3. The molecule has 2 aromatic carbocycles. The lowest BCUT2D eigenvalue weighted by Gasteiger charge is -2.12. The van der Waals surface area contributed by atoms with E-state index < -0.39 is 11.5 Å². The number of aliphatic hydroxyl groups is 1. The van der Waals surface area contributed by atoms with Crippen LogP contribution in [0.3, 0.4) is 0 Å². The van der Waals surface area contributed by atoms with Gasteiger partial charge in [0, 0.05) is 17.7 Å². The Morgan fingerprint density at radius 2 is 1.97 bits per heavy atom. The van der Waals surface area contributed by atoms with Crippen molar-refractivity contribution in [3.05, 3.63) is 64.4 Å². The molecule has 0 aliphatic rings. The first-order chi connectivity index (χ1) is 15.0. The van der Waals surface area contributed by atoms with Gasteiger partial charge < -0.3 is 20.9 Å². The second-order valence-electron chi connectivity index (χ2n) is 6.59. The lowest BCUT2D eigenvalue weighted by Crippen LogP contribution is -2.25. The van der Waals surface area contributed by atoms with Gasteiger partial charge in [-0.15, -0.1) is 0 Å². The first kappa shape index (κ1) is 21.7. The highest BCUT2D eigenvalue weighted by Gasteiger charge is 2.12. The molecular formula is C22H22N4O5. The zero-order chi connectivity index (χ0) is 22.4. The summed E-state index contributed by atoms with van der Waals surface area (Å²) in [5.74, 6) is -0.200. The van der Waals surface area contributed by atoms with Crippen molar-refractivity contribution in [2.24, 2.45) is 5.73 Å². The maximum absolute atomic E-state index is 12.3. The minimum atomic E-state index is -0.604. The Balaban J connectivity index is 2.09. The first-order valence-electron chi connectivity index (χ1n) is 9.58. The fourth-order valence-corrected chi connectivity index (χ4v) is 3.08. The van der Waals surface area contributed by atoms with Gasteiger partial charge in [0.05, 0.1) is 12.3 Å². The highest BCUT2D eigenvalue weighted by Crippen LogP contribution is 2.29. The predicted molar refractivity (Wildman–Crippen MR) is 116 cm³/mol. The summed E-state index contributed by atoms with van der Waals surface area (Å²) in [6, 6.07) is 13.7. The highest BCUT2D eigenvalue weighted by atomic mass is 16.5. The van der Waals surface area contributed by atoms with E-state index in [0.29, 0.717) is 35.5 Å². The van der Waals surface area contributed by atoms with Crippen LogP contribution in [0.2, 0.25) is 0 Å². The number of nitrogens with one attached hydrogen (secondary N) is 1. The van der Waals surface area contributed by atoms with Crippen LogP contribution in [0.1, 0.15) is 17.3 Å². The van der Waals surface area contributed by atoms with Gasteiger partial charge in [-0.25, -0.2) is 4.68 Å². The van der Waals surface area contributed by atoms with Gasteiger partial charge in [-0.3, -0.25) is 14.4 Å². The molecular weight excluding hydrogens is 400 g/mol. The van der Waals surface area contributed by atoms with Crippen molar-refractivity contribution in [2.45, 2.75) is 13.5 Å². The Labute approximate surface area is 178 Å². The third-order valence-corrected chi connectivity index (χ3v) is 4.53. The number of carbonyl (C=O) groups is 2. The topological polar surface area (TPSA) is 137 Å². The number of aryl methyl sites for hydroxylation is 1. The van der Waals surface area contributed by atoms with Gasteiger partial charge in [0.15, 0.2) is 0 Å². The molecule has 160 valence electrons. The number of rotatable bonds is 9. The fourth-order valence-electron chi connectivity index (χ4n) is 3.08. The molecule has 0 saturated heterocycles. The fraction of sp³-hybridized carbons (Fsp3) is 0.182. The summed E-state index contributed by atoms with van der Waals surface area (Å²) >= 11 is 0. The molecule has 0 bridgehead atoms. The summed E-state index contributed by atoms with van der Waals surface area (Å²) in [6.07, 6.45) is 0.445. The van der Waals surface area contributed by atoms with E-state index in [4.69, 9.17) is 15.6 Å². The van der Waals surface area contributed by atoms with E-state index in [1.807, 2.05) is 24.3 Å². The Hall–Kier alpha value is -3.98. The second kappa shape index (κ2) is 9.68. The molecule has 9 nitrogen and oxygen atoms in total. The minimum absolute atomic E-state index is 0.0800. The number of benzene rings is 2. The molecule has 9 heteroatoms. The maximum Gasteiger partial charge on any atom is 0.290 e. The van der Waals surface area contributed by atoms with E-state index >= 15 is 0 Å². The normalized spacial score (nSPS) is 10.5. The SMILES string of the molecule is CCn1nc(-c2cccc(-c3cc(OCCO)cc(C(N)=O)c3)c2)cc(NC=O)c1=O. The van der Waals surface area contributed by atoms with Gasteiger partial charge in [0.25, 0.3) is 5.56 Å². The molecule has 0 saturated carbocycles. The van der Waals surface area contributed by atoms with E-state index in [1.54, 1.807) is 19.1 Å². The van der Waals surface area contributed by atoms with E-state index in [-0.39, 0.29) is 24.5 Å². The number of amides is 2. The van der Waals surface area contributed by atoms with Gasteiger partial charge in [-0.05, 0) is 48.4 Å². The van der Waals surface area contributed by atoms with Crippen molar-refractivity contribution in [3.8, 4) is 28.1 Å². The number of ether oxygens (including phenoxy) is 1. The Bertz CT molecular complexity index is 1170. The predicted octanol–water partition coefficient (Wildman–Crippen LogP) is 1.64. The van der Waals surface area contributed by atoms with Crippen LogP contribution in [0.25, 0.3) is 22.4 Å². The number of nitrogens with two attached hydrogens (primary N) is 1. The highest BCUT2D eigenvalue weighted by molar-refractivity contribution is 5.95. The molecule has 0 aliphatic carbocycles. The number of nitrogens with zero attached hydrogens (tertiary/aromatic N) is 2. The van der Waals surface area contributed by atoms with Crippen LogP contribution in [-0.2, 0) is 11.3 Å². The van der Waals surface area contributed by atoms with Crippen LogP contribution in [-0.4, -0.2) is 40.4 Å². The summed E-state index contributed by atoms with van der Waals surface area (Å²) < 4.78 is 6.73. The number of carbonyl (C=O) groups excluding carboxylic acids is 2. The molecule has 4 N–H and O–H groups in total. The summed E-state index contributed by atoms with van der Waals surface area (Å²) in [5, 5.41) is 15.8. The average molecular weight is 422 g/mol. The summed E-state index contributed by atoms with van der Waals surface area (Å²) in [6.45, 7) is 2.03. The third-order valence-electron chi connectivity index (χ3n) is 4.53. The van der Waals surface area contributed by atoms with E-state index in [2.05, 4.69) is 10.4 Å². The molecule has 0 radical (unpaired) electrons. The zero-order valence-electron chi connectivity index (χ0n) is 16.9. The molecule has 0 aliphatic heterocycles. The molecule has 3 rings (SSSR count). The van der Waals surface area contributed by atoms with Gasteiger partial charge >= 0.3 is 0 Å². The van der Waals surface area contributed by atoms with Crippen molar-refractivity contribution in [1.29, 1.82) is 0 Å². The number of anilines is 1. The van der Waals surface area contributed by atoms with Gasteiger partial charge in [0.1, 0.15) is 18.0 Å². The van der Waals surface area contributed by atoms with Crippen LogP contribution in [0, 0.1) is 0 Å². The zero-order valence-corrected chi connectivity index (χ0v) is 16.9. The Kier molecular flexibility index (Phi) is 6.78. The average Bonchev–Trinajstić information content (AvgIpc) is 2.79. The van der Waals surface area contributed by atoms with Gasteiger partial charge in [0.2, 0.25) is 12.3 Å². The quantitative estimate of drug-likeness (QED) is 0.449. The summed E-state index contributed by atoms with van der Waals surface area (Å²) in [4.78, 5) is 34.9. The van der Waals surface area contributed by atoms with Crippen molar-refractivity contribution in [1.82, 2.24) is 9.78 Å². The van der Waals surface area contributed by atoms with Crippen LogP contribution in [0.5, 0.6) is 5.75 Å². The molecule has 0 atom stereocenters. The molecule has 0 spiro atoms. The number of aromatic nitrogens is 2. The van der Waals surface area contributed by atoms with Crippen LogP contribution in [0.4, 0.5) is 5.69 Å². The lowest BCUT2D eigenvalue weighted by atomic mass is 9.99. The van der Waals surface area contributed by atoms with Crippen molar-refractivity contribution in [3.63, 3.8) is 0 Å². The number of hydrogen-bond acceptors (Lipinski definition) is 6. The molecule has 0 fully saturated rings. The van der Waals surface area contributed by atoms with E-state index in [0.717, 1.165) is 5.56 Å². The number of aliphatic hydroxyl groups excluding tert-OH is 1. The molecule has 31 heavy (non-hydrogen) atoms. The Morgan fingerprint density at radius 1 is 1.19 bits per heavy atom. The monoisotopic (exact) mass is 422 g/mol. The standard InChI is InChI=1S/C22H22N4O5/c1-2-26-22(30)20(24-13-28)12-19(25-26)15-5-3-4-14(8-15)16-9-17(21(23)29)11-18(10-16)31-7-6-27/h3-5,8-13,27H,2,6-7H2,1H3,(H2,23,29)(H,24,28). The van der Waals surface area contributed by atoms with E-state index in [9.17, 15) is 14.4 Å². The third kappa shape index (κ3) is 4.96. The molecule has 0 unspecified atom stereocenters. The number of primary amides is 1. The molecule has 1 aromatic heterocycles. The van der Waals surface area contributed by atoms with Crippen molar-refractivity contribution < 1.29 is 19.4 Å². The van der Waals surface area contributed by atoms with Gasteiger partial charge in [-0.2, -0.15) is 5.10 Å². The Morgan fingerprint density at radius 3 is 2.65 bits per heavy atom. The first-order valence-corrected chi connectivity index (χ1v) is 9.58. The largest absolute Gasteiger partial charge is 0.491 e. The molecule has 3 aromatic rings. The smallest absolute Gasteiger partial charge is 0.290 e. The lowest BCUT2D eigenvalue weighted by molar-refractivity contribution is -0.105. The van der Waals surface area contributed by atoms with Gasteiger partial charge in [-0.1, -0.05) is 18.2 Å². The summed E-state index contributed by atoms with van der Waals surface area (Å²) in [5.41, 5.74) is 8.09. The minimum Gasteiger partial charge on any atom is -0.491 e. The van der Waals surface area contributed by atoms with Crippen molar-refractivity contribution >= 4 is 18.0 Å². The van der Waals surface area contributed by atoms with E-state index in [1.165, 1.54) is 16.8 Å². The van der Waals surface area contributed by atoms with Crippen molar-refractivity contribution in [2.75, 3.05) is 18.5 Å². The second-order valence-corrected chi connectivity index (χ2v) is 6.59. The summed E-state index contributed by atoms with van der Waals surface area (Å²) in [7, 11) is 0. The van der Waals surface area contributed by atoms with Crippen LogP contribution >= 0.6 is 0 Å². The molecule has 2 amide bonds. The van der Waals surface area contributed by atoms with Crippen LogP contribution < -0.4 is 21.3 Å². The van der Waals surface area contributed by atoms with Crippen LogP contribution in [0.15, 0.2) is 53.3 Å². The molecule has 1 heterocycles. The number of hydrogen-bond donors (Lipinski definition) is 3.